The van der Waals surface area contributed by atoms with E-state index < -0.39 is 5.97 Å². The van der Waals surface area contributed by atoms with Crippen molar-refractivity contribution in [2.24, 2.45) is 0 Å². The van der Waals surface area contributed by atoms with E-state index in [1.54, 1.807) is 26.2 Å². The predicted molar refractivity (Wildman–Crippen MR) is 59.5 cm³/mol. The van der Waals surface area contributed by atoms with Gasteiger partial charge in [0.1, 0.15) is 5.75 Å². The summed E-state index contributed by atoms with van der Waals surface area (Å²) in [4.78, 5) is 21.4. The molecule has 5 nitrogen and oxygen atoms in total. The van der Waals surface area contributed by atoms with Gasteiger partial charge in [0.25, 0.3) is 5.97 Å². The molecule has 0 unspecified atom stereocenters. The Hall–Kier alpha value is -2.04. The van der Waals surface area contributed by atoms with E-state index in [4.69, 9.17) is 14.6 Å². The third-order valence-corrected chi connectivity index (χ3v) is 1.31. The van der Waals surface area contributed by atoms with Crippen molar-refractivity contribution in [3.63, 3.8) is 0 Å². The summed E-state index contributed by atoms with van der Waals surface area (Å²) in [6.45, 7) is 1.08. The standard InChI is InChI=1S/C9H11NO2.C2H4O2/c1-10(2)9(11)12-8-6-4-3-5-7-8;1-2(3)4/h3-7H,1-2H3;1H3,(H,3,4). The van der Waals surface area contributed by atoms with Crippen molar-refractivity contribution < 1.29 is 19.4 Å². The van der Waals surface area contributed by atoms with Gasteiger partial charge < -0.3 is 14.7 Å². The van der Waals surface area contributed by atoms with Crippen molar-refractivity contribution in [2.75, 3.05) is 14.1 Å². The highest BCUT2D eigenvalue weighted by Gasteiger charge is 2.04. The second kappa shape index (κ2) is 7.28. The van der Waals surface area contributed by atoms with E-state index in [0.29, 0.717) is 5.75 Å². The third kappa shape index (κ3) is 7.37. The molecular weight excluding hydrogens is 210 g/mol. The summed E-state index contributed by atoms with van der Waals surface area (Å²) in [6, 6.07) is 8.98. The summed E-state index contributed by atoms with van der Waals surface area (Å²) in [5, 5.41) is 7.42. The van der Waals surface area contributed by atoms with Crippen molar-refractivity contribution in [3.8, 4) is 5.75 Å². The van der Waals surface area contributed by atoms with E-state index in [1.165, 1.54) is 4.90 Å². The quantitative estimate of drug-likeness (QED) is 0.791. The van der Waals surface area contributed by atoms with Gasteiger partial charge >= 0.3 is 6.09 Å². The van der Waals surface area contributed by atoms with E-state index in [2.05, 4.69) is 0 Å². The van der Waals surface area contributed by atoms with Crippen LogP contribution in [0.4, 0.5) is 4.79 Å². The number of carbonyl (C=O) groups is 2. The number of amides is 1. The fraction of sp³-hybridized carbons (Fsp3) is 0.273. The Balaban J connectivity index is 0.000000487. The number of nitrogens with zero attached hydrogens (tertiary/aromatic N) is 1. The zero-order valence-corrected chi connectivity index (χ0v) is 9.51. The van der Waals surface area contributed by atoms with Gasteiger partial charge in [-0.25, -0.2) is 4.79 Å². The Morgan fingerprint density at radius 3 is 2.00 bits per heavy atom. The lowest BCUT2D eigenvalue weighted by atomic mass is 10.3. The minimum absolute atomic E-state index is 0.360. The fourth-order valence-corrected chi connectivity index (χ4v) is 0.681. The maximum atomic E-state index is 11.0. The molecule has 0 fully saturated rings. The molecule has 0 bridgehead atoms. The van der Waals surface area contributed by atoms with Crippen molar-refractivity contribution in [1.82, 2.24) is 4.90 Å². The number of benzene rings is 1. The first-order chi connectivity index (χ1) is 7.43. The van der Waals surface area contributed by atoms with Crippen LogP contribution in [0.3, 0.4) is 0 Å². The van der Waals surface area contributed by atoms with E-state index in [0.717, 1.165) is 6.92 Å². The van der Waals surface area contributed by atoms with Crippen LogP contribution in [0.25, 0.3) is 0 Å². The van der Waals surface area contributed by atoms with Crippen molar-refractivity contribution in [1.29, 1.82) is 0 Å². The van der Waals surface area contributed by atoms with Crippen LogP contribution in [-0.2, 0) is 4.79 Å². The van der Waals surface area contributed by atoms with Gasteiger partial charge in [-0.05, 0) is 12.1 Å². The summed E-state index contributed by atoms with van der Waals surface area (Å²) < 4.78 is 4.96. The van der Waals surface area contributed by atoms with Gasteiger partial charge in [0.15, 0.2) is 0 Å². The van der Waals surface area contributed by atoms with Crippen LogP contribution in [0.2, 0.25) is 0 Å². The smallest absolute Gasteiger partial charge is 0.414 e. The molecule has 88 valence electrons. The Morgan fingerprint density at radius 1 is 1.19 bits per heavy atom. The van der Waals surface area contributed by atoms with Gasteiger partial charge in [-0.2, -0.15) is 0 Å². The number of ether oxygens (including phenoxy) is 1. The Kier molecular flexibility index (Phi) is 6.35. The van der Waals surface area contributed by atoms with Gasteiger partial charge in [-0.1, -0.05) is 18.2 Å². The lowest BCUT2D eigenvalue weighted by molar-refractivity contribution is -0.134. The van der Waals surface area contributed by atoms with Gasteiger partial charge in [-0.3, -0.25) is 4.79 Å². The van der Waals surface area contributed by atoms with E-state index in [1.807, 2.05) is 18.2 Å². The average molecular weight is 225 g/mol. The fourth-order valence-electron chi connectivity index (χ4n) is 0.681. The summed E-state index contributed by atoms with van der Waals surface area (Å²) in [5.74, 6) is -0.267. The summed E-state index contributed by atoms with van der Waals surface area (Å²) in [5.41, 5.74) is 0. The highest BCUT2D eigenvalue weighted by molar-refractivity contribution is 5.69. The molecule has 5 heteroatoms. The van der Waals surface area contributed by atoms with Crippen LogP contribution in [0.5, 0.6) is 5.75 Å². The minimum Gasteiger partial charge on any atom is -0.481 e. The molecule has 0 heterocycles. The van der Waals surface area contributed by atoms with Gasteiger partial charge in [-0.15, -0.1) is 0 Å². The number of rotatable bonds is 1. The molecule has 0 aliphatic carbocycles. The van der Waals surface area contributed by atoms with Crippen molar-refractivity contribution >= 4 is 12.1 Å². The molecular formula is C11H15NO4. The SMILES string of the molecule is CC(=O)O.CN(C)C(=O)Oc1ccccc1. The molecule has 1 amide bonds. The van der Waals surface area contributed by atoms with E-state index in [-0.39, 0.29) is 6.09 Å². The van der Waals surface area contributed by atoms with Crippen LogP contribution < -0.4 is 4.74 Å². The van der Waals surface area contributed by atoms with Gasteiger partial charge in [0.2, 0.25) is 0 Å². The second-order valence-corrected chi connectivity index (χ2v) is 3.09. The summed E-state index contributed by atoms with van der Waals surface area (Å²) in [7, 11) is 3.29. The highest BCUT2D eigenvalue weighted by Crippen LogP contribution is 2.08. The van der Waals surface area contributed by atoms with Crippen LogP contribution in [-0.4, -0.2) is 36.2 Å². The van der Waals surface area contributed by atoms with Crippen molar-refractivity contribution in [3.05, 3.63) is 30.3 Å². The zero-order valence-electron chi connectivity index (χ0n) is 9.51. The highest BCUT2D eigenvalue weighted by atomic mass is 16.6. The first-order valence-electron chi connectivity index (χ1n) is 4.57. The Bertz CT molecular complexity index is 331. The van der Waals surface area contributed by atoms with Crippen LogP contribution in [0.15, 0.2) is 30.3 Å². The topological polar surface area (TPSA) is 66.8 Å². The number of carbonyl (C=O) groups excluding carboxylic acids is 1. The van der Waals surface area contributed by atoms with E-state index >= 15 is 0 Å². The van der Waals surface area contributed by atoms with Crippen molar-refractivity contribution in [2.45, 2.75) is 6.92 Å². The largest absolute Gasteiger partial charge is 0.481 e. The zero-order chi connectivity index (χ0) is 12.6. The molecule has 0 aliphatic rings. The van der Waals surface area contributed by atoms with Crippen LogP contribution in [0.1, 0.15) is 6.92 Å². The molecule has 0 atom stereocenters. The van der Waals surface area contributed by atoms with Crippen LogP contribution in [0, 0.1) is 0 Å². The molecule has 0 aliphatic heterocycles. The number of hydrogen-bond donors (Lipinski definition) is 1. The van der Waals surface area contributed by atoms with Gasteiger partial charge in [0.05, 0.1) is 0 Å². The maximum absolute atomic E-state index is 11.0. The lowest BCUT2D eigenvalue weighted by Crippen LogP contribution is -2.25. The molecule has 16 heavy (non-hydrogen) atoms. The molecule has 0 saturated heterocycles. The third-order valence-electron chi connectivity index (χ3n) is 1.31. The lowest BCUT2D eigenvalue weighted by Gasteiger charge is -2.09. The predicted octanol–water partition coefficient (Wildman–Crippen LogP) is 1.84. The van der Waals surface area contributed by atoms with E-state index in [9.17, 15) is 4.79 Å². The second-order valence-electron chi connectivity index (χ2n) is 3.09. The van der Waals surface area contributed by atoms with Gasteiger partial charge in [0, 0.05) is 21.0 Å². The molecule has 0 spiro atoms. The number of carboxylic acid groups (broad SMARTS) is 1. The molecule has 1 N–H and O–H groups in total. The molecule has 0 radical (unpaired) electrons. The maximum Gasteiger partial charge on any atom is 0.414 e. The molecule has 1 aromatic rings. The molecule has 0 saturated carbocycles. The van der Waals surface area contributed by atoms with Crippen LogP contribution >= 0.6 is 0 Å². The Labute approximate surface area is 94.3 Å². The number of aliphatic carboxylic acids is 1. The summed E-state index contributed by atoms with van der Waals surface area (Å²) in [6.07, 6.45) is -0.360. The first kappa shape index (κ1) is 14.0. The Morgan fingerprint density at radius 2 is 1.62 bits per heavy atom. The normalized spacial score (nSPS) is 8.44. The number of hydrogen-bond acceptors (Lipinski definition) is 3. The molecule has 1 aromatic carbocycles. The molecule has 1 rings (SSSR count). The number of carboxylic acids is 1. The molecule has 0 aromatic heterocycles. The monoisotopic (exact) mass is 225 g/mol. The summed E-state index contributed by atoms with van der Waals surface area (Å²) >= 11 is 0. The first-order valence-corrected chi connectivity index (χ1v) is 4.57. The average Bonchev–Trinajstić information content (AvgIpc) is 2.18. The minimum atomic E-state index is -0.833. The number of para-hydroxylation sites is 1.